The standard InChI is InChI=1S/C8H15NO2/c1-3-4-8(9)7-11-6-5-10-2/h1,8H,4-7,9H2,2H3. The fraction of sp³-hybridized carbons (Fsp3) is 0.750. The highest BCUT2D eigenvalue weighted by molar-refractivity contribution is 4.88. The van der Waals surface area contributed by atoms with Gasteiger partial charge >= 0.3 is 0 Å². The zero-order valence-corrected chi connectivity index (χ0v) is 6.88. The molecule has 0 aromatic heterocycles. The summed E-state index contributed by atoms with van der Waals surface area (Å²) in [5, 5.41) is 0. The van der Waals surface area contributed by atoms with Gasteiger partial charge in [-0.2, -0.15) is 0 Å². The maximum absolute atomic E-state index is 5.56. The van der Waals surface area contributed by atoms with Gasteiger partial charge in [0.25, 0.3) is 0 Å². The summed E-state index contributed by atoms with van der Waals surface area (Å²) in [5.41, 5.74) is 5.56. The third-order valence-corrected chi connectivity index (χ3v) is 1.14. The molecule has 0 heterocycles. The van der Waals surface area contributed by atoms with Gasteiger partial charge in [0, 0.05) is 19.6 Å². The second-order valence-corrected chi connectivity index (χ2v) is 2.24. The Morgan fingerprint density at radius 2 is 2.27 bits per heavy atom. The molecule has 2 N–H and O–H groups in total. The van der Waals surface area contributed by atoms with E-state index >= 15 is 0 Å². The van der Waals surface area contributed by atoms with Crippen molar-refractivity contribution in [3.05, 3.63) is 0 Å². The minimum Gasteiger partial charge on any atom is -0.382 e. The minimum atomic E-state index is -0.0446. The Hall–Kier alpha value is -0.560. The highest BCUT2D eigenvalue weighted by Gasteiger charge is 1.98. The Balaban J connectivity index is 3.05. The van der Waals surface area contributed by atoms with Gasteiger partial charge in [-0.3, -0.25) is 0 Å². The largest absolute Gasteiger partial charge is 0.382 e. The van der Waals surface area contributed by atoms with E-state index in [0.717, 1.165) is 0 Å². The molecule has 0 saturated carbocycles. The maximum Gasteiger partial charge on any atom is 0.0701 e. The van der Waals surface area contributed by atoms with Gasteiger partial charge in [0.15, 0.2) is 0 Å². The summed E-state index contributed by atoms with van der Waals surface area (Å²) in [7, 11) is 1.63. The number of hydrogen-bond acceptors (Lipinski definition) is 3. The van der Waals surface area contributed by atoms with Crippen molar-refractivity contribution in [1.29, 1.82) is 0 Å². The van der Waals surface area contributed by atoms with E-state index in [-0.39, 0.29) is 6.04 Å². The fourth-order valence-corrected chi connectivity index (χ4v) is 0.587. The smallest absolute Gasteiger partial charge is 0.0701 e. The van der Waals surface area contributed by atoms with Gasteiger partial charge < -0.3 is 15.2 Å². The quantitative estimate of drug-likeness (QED) is 0.436. The van der Waals surface area contributed by atoms with E-state index < -0.39 is 0 Å². The maximum atomic E-state index is 5.56. The van der Waals surface area contributed by atoms with Crippen LogP contribution < -0.4 is 5.73 Å². The number of ether oxygens (including phenoxy) is 2. The highest BCUT2D eigenvalue weighted by atomic mass is 16.5. The van der Waals surface area contributed by atoms with Gasteiger partial charge in [0.1, 0.15) is 0 Å². The molecule has 0 spiro atoms. The molecule has 0 aliphatic carbocycles. The lowest BCUT2D eigenvalue weighted by Crippen LogP contribution is -2.26. The normalized spacial score (nSPS) is 12.5. The first kappa shape index (κ1) is 10.4. The van der Waals surface area contributed by atoms with E-state index in [1.165, 1.54) is 0 Å². The molecule has 3 heteroatoms. The zero-order chi connectivity index (χ0) is 8.53. The molecule has 1 atom stereocenters. The summed E-state index contributed by atoms with van der Waals surface area (Å²) in [4.78, 5) is 0. The van der Waals surface area contributed by atoms with Crippen molar-refractivity contribution in [2.45, 2.75) is 12.5 Å². The van der Waals surface area contributed by atoms with Gasteiger partial charge in [-0.15, -0.1) is 12.3 Å². The molecule has 0 fully saturated rings. The average Bonchev–Trinajstić information content (AvgIpc) is 1.99. The summed E-state index contributed by atoms with van der Waals surface area (Å²) < 4.78 is 9.92. The Morgan fingerprint density at radius 1 is 1.55 bits per heavy atom. The Bertz CT molecular complexity index is 120. The van der Waals surface area contributed by atoms with Crippen molar-refractivity contribution in [3.63, 3.8) is 0 Å². The Kier molecular flexibility index (Phi) is 7.16. The topological polar surface area (TPSA) is 44.5 Å². The number of nitrogens with two attached hydrogens (primary N) is 1. The lowest BCUT2D eigenvalue weighted by Gasteiger charge is -2.07. The van der Waals surface area contributed by atoms with E-state index in [1.54, 1.807) is 7.11 Å². The van der Waals surface area contributed by atoms with E-state index in [0.29, 0.717) is 26.2 Å². The van der Waals surface area contributed by atoms with Crippen molar-refractivity contribution in [2.24, 2.45) is 5.73 Å². The van der Waals surface area contributed by atoms with Gasteiger partial charge in [0.05, 0.1) is 19.8 Å². The molecule has 0 aromatic carbocycles. The first-order valence-electron chi connectivity index (χ1n) is 3.57. The van der Waals surface area contributed by atoms with Crippen LogP contribution in [-0.4, -0.2) is 33.0 Å². The monoisotopic (exact) mass is 157 g/mol. The van der Waals surface area contributed by atoms with Gasteiger partial charge in [0.2, 0.25) is 0 Å². The average molecular weight is 157 g/mol. The first-order valence-corrected chi connectivity index (χ1v) is 3.57. The van der Waals surface area contributed by atoms with Gasteiger partial charge in [-0.05, 0) is 0 Å². The molecule has 0 aliphatic heterocycles. The molecule has 11 heavy (non-hydrogen) atoms. The molecular weight excluding hydrogens is 142 g/mol. The van der Waals surface area contributed by atoms with E-state index in [9.17, 15) is 0 Å². The van der Waals surface area contributed by atoms with Gasteiger partial charge in [-0.25, -0.2) is 0 Å². The SMILES string of the molecule is C#CCC(N)COCCOC. The molecule has 64 valence electrons. The van der Waals surface area contributed by atoms with Crippen LogP contribution in [-0.2, 0) is 9.47 Å². The van der Waals surface area contributed by atoms with Crippen molar-refractivity contribution in [3.8, 4) is 12.3 Å². The summed E-state index contributed by atoms with van der Waals surface area (Å²) in [6.45, 7) is 1.69. The Morgan fingerprint density at radius 3 is 2.82 bits per heavy atom. The van der Waals surface area contributed by atoms with Crippen molar-refractivity contribution in [2.75, 3.05) is 26.9 Å². The molecule has 0 radical (unpaired) electrons. The van der Waals surface area contributed by atoms with Crippen LogP contribution in [0.15, 0.2) is 0 Å². The first-order chi connectivity index (χ1) is 5.31. The molecular formula is C8H15NO2. The van der Waals surface area contributed by atoms with E-state index in [2.05, 4.69) is 5.92 Å². The van der Waals surface area contributed by atoms with Crippen LogP contribution in [0.25, 0.3) is 0 Å². The number of hydrogen-bond donors (Lipinski definition) is 1. The van der Waals surface area contributed by atoms with Crippen LogP contribution in [0, 0.1) is 12.3 Å². The van der Waals surface area contributed by atoms with E-state index in [4.69, 9.17) is 21.6 Å². The third-order valence-electron chi connectivity index (χ3n) is 1.14. The van der Waals surface area contributed by atoms with Crippen LogP contribution in [0.3, 0.4) is 0 Å². The molecule has 0 rings (SSSR count). The number of rotatable bonds is 6. The molecule has 0 amide bonds. The van der Waals surface area contributed by atoms with Crippen molar-refractivity contribution >= 4 is 0 Å². The molecule has 0 aliphatic rings. The molecule has 0 bridgehead atoms. The van der Waals surface area contributed by atoms with Crippen LogP contribution in [0.2, 0.25) is 0 Å². The van der Waals surface area contributed by atoms with Crippen LogP contribution >= 0.6 is 0 Å². The predicted molar refractivity (Wildman–Crippen MR) is 44.1 cm³/mol. The Labute approximate surface area is 67.9 Å². The second kappa shape index (κ2) is 7.55. The van der Waals surface area contributed by atoms with Crippen LogP contribution in [0.1, 0.15) is 6.42 Å². The summed E-state index contributed by atoms with van der Waals surface area (Å²) in [6, 6.07) is -0.0446. The summed E-state index contributed by atoms with van der Waals surface area (Å²) in [5.74, 6) is 2.47. The molecule has 3 nitrogen and oxygen atoms in total. The second-order valence-electron chi connectivity index (χ2n) is 2.24. The third kappa shape index (κ3) is 7.34. The summed E-state index contributed by atoms with van der Waals surface area (Å²) >= 11 is 0. The van der Waals surface area contributed by atoms with Gasteiger partial charge in [-0.1, -0.05) is 0 Å². The predicted octanol–water partition coefficient (Wildman–Crippen LogP) is -0.000000000000000222. The molecule has 0 saturated heterocycles. The highest BCUT2D eigenvalue weighted by Crippen LogP contribution is 1.86. The lowest BCUT2D eigenvalue weighted by atomic mass is 10.2. The summed E-state index contributed by atoms with van der Waals surface area (Å²) in [6.07, 6.45) is 5.61. The fourth-order valence-electron chi connectivity index (χ4n) is 0.587. The van der Waals surface area contributed by atoms with Crippen LogP contribution in [0.4, 0.5) is 0 Å². The minimum absolute atomic E-state index is 0.0446. The van der Waals surface area contributed by atoms with Crippen LogP contribution in [0.5, 0.6) is 0 Å². The molecule has 0 aromatic rings. The van der Waals surface area contributed by atoms with Crippen molar-refractivity contribution < 1.29 is 9.47 Å². The van der Waals surface area contributed by atoms with E-state index in [1.807, 2.05) is 0 Å². The lowest BCUT2D eigenvalue weighted by molar-refractivity contribution is 0.0642. The molecule has 1 unspecified atom stereocenters. The zero-order valence-electron chi connectivity index (χ0n) is 6.88. The number of terminal acetylenes is 1. The van der Waals surface area contributed by atoms with Crippen molar-refractivity contribution in [1.82, 2.24) is 0 Å². The number of methoxy groups -OCH3 is 1.